The largest absolute Gasteiger partial charge is 0.454 e. The van der Waals surface area contributed by atoms with Crippen LogP contribution in [0.25, 0.3) is 88.0 Å². The molecule has 2 heterocycles. The number of benzene rings is 15. The minimum Gasteiger partial charge on any atom is -0.454 e. The highest BCUT2D eigenvalue weighted by atomic mass is 28.3. The van der Waals surface area contributed by atoms with Gasteiger partial charge in [0.1, 0.15) is 27.3 Å². The summed E-state index contributed by atoms with van der Waals surface area (Å²) in [4.78, 5) is 5.01. The summed E-state index contributed by atoms with van der Waals surface area (Å²) >= 11 is 0. The maximum atomic E-state index is 7.35. The Bertz CT molecular complexity index is 6220. The number of para-hydroxylation sites is 2. The molecule has 6 heteroatoms. The minimum atomic E-state index is -2.14. The Morgan fingerprint density at radius 3 is 1.14 bits per heavy atom. The van der Waals surface area contributed by atoms with E-state index in [2.05, 4.69) is 417 Å². The van der Waals surface area contributed by atoms with Crippen molar-refractivity contribution in [1.29, 1.82) is 0 Å². The summed E-state index contributed by atoms with van der Waals surface area (Å²) in [7, 11) is -4.27. The molecule has 0 saturated carbocycles. The predicted molar refractivity (Wildman–Crippen MR) is 460 cm³/mol. The Morgan fingerprint density at radius 1 is 0.280 bits per heavy atom. The van der Waals surface area contributed by atoms with E-state index in [-0.39, 0.29) is 10.8 Å². The summed E-state index contributed by atoms with van der Waals surface area (Å²) in [6.07, 6.45) is 0. The van der Waals surface area contributed by atoms with Crippen molar-refractivity contribution >= 4 is 126 Å². The van der Waals surface area contributed by atoms with Crippen LogP contribution in [-0.4, -0.2) is 16.1 Å². The maximum Gasteiger partial charge on any atom is 0.159 e. The van der Waals surface area contributed by atoms with Gasteiger partial charge >= 0.3 is 0 Å². The summed E-state index contributed by atoms with van der Waals surface area (Å²) in [5, 5.41) is 12.1. The second kappa shape index (κ2) is 25.8. The van der Waals surface area contributed by atoms with Gasteiger partial charge in [-0.25, -0.2) is 0 Å². The normalized spacial score (nSPS) is 13.0. The molecule has 0 unspecified atom stereocenters. The van der Waals surface area contributed by atoms with Crippen molar-refractivity contribution in [3.8, 4) is 33.4 Å². The van der Waals surface area contributed by atoms with E-state index in [1.165, 1.54) is 76.4 Å². The average Bonchev–Trinajstić information content (AvgIpc) is 1.53. The molecular weight excluding hydrogens is 1330 g/mol. The molecule has 4 nitrogen and oxygen atoms in total. The molecule has 107 heavy (non-hydrogen) atoms. The van der Waals surface area contributed by atoms with Crippen molar-refractivity contribution in [3.05, 3.63) is 373 Å². The molecule has 2 aromatic heterocycles. The Hall–Kier alpha value is -11.8. The van der Waals surface area contributed by atoms with Crippen molar-refractivity contribution in [1.82, 2.24) is 0 Å². The molecule has 0 radical (unpaired) electrons. The fraction of sp³-hybridized carbons (Fsp3) is 0.129. The Labute approximate surface area is 630 Å². The third kappa shape index (κ3) is 11.3. The van der Waals surface area contributed by atoms with Crippen molar-refractivity contribution in [3.63, 3.8) is 0 Å². The zero-order valence-corrected chi connectivity index (χ0v) is 64.5. The molecule has 0 saturated heterocycles. The number of fused-ring (bicyclic) bond motifs is 11. The number of furan rings is 2. The third-order valence-electron chi connectivity index (χ3n) is 23.2. The van der Waals surface area contributed by atoms with E-state index < -0.39 is 21.6 Å². The highest BCUT2D eigenvalue weighted by molar-refractivity contribution is 7.01. The standard InChI is InChI=1S/C101H86N2O2Si2/c1-99(2,3)71-49-53-75(54-50-71)102(92-63-69(61-87-83-44-25-27-47-94(83)104-97(87)92)67-31-29-41-80(59-67)106(7,8)78-37-19-13-20-38-78)77-57-58-86-89(65-77)101(73-33-15-11-16-34-73,74-35-17-12-18-36-74)90-66-91(82-43-23-24-46-85(82)96(86)90)103(76-55-51-72(52-56-76)100(4,5)6)93-64-70(62-88-84-45-26-28-48-95(84)105-98(88)93)68-32-30-42-81(60-68)107(9,10)79-39-21-14-22-40-79/h11-66H,1-10H3. The first-order chi connectivity index (χ1) is 51.8. The van der Waals surface area contributed by atoms with Crippen LogP contribution in [0.5, 0.6) is 0 Å². The molecule has 0 bridgehead atoms. The first-order valence-electron chi connectivity index (χ1n) is 37.7. The Kier molecular flexibility index (Phi) is 16.2. The van der Waals surface area contributed by atoms with Crippen molar-refractivity contribution in [2.45, 2.75) is 84.0 Å². The van der Waals surface area contributed by atoms with Crippen molar-refractivity contribution in [2.24, 2.45) is 0 Å². The van der Waals surface area contributed by atoms with Gasteiger partial charge in [0.25, 0.3) is 0 Å². The Morgan fingerprint density at radius 2 is 0.673 bits per heavy atom. The summed E-state index contributed by atoms with van der Waals surface area (Å²) in [6.45, 7) is 23.7. The fourth-order valence-electron chi connectivity index (χ4n) is 17.2. The molecule has 1 aliphatic carbocycles. The lowest BCUT2D eigenvalue weighted by Gasteiger charge is -2.36. The minimum absolute atomic E-state index is 0.0806. The van der Waals surface area contributed by atoms with E-state index in [4.69, 9.17) is 8.83 Å². The molecule has 0 amide bonds. The van der Waals surface area contributed by atoms with Gasteiger partial charge in [-0.3, -0.25) is 0 Å². The number of hydrogen-bond acceptors (Lipinski definition) is 4. The van der Waals surface area contributed by atoms with Gasteiger partial charge in [0.2, 0.25) is 0 Å². The number of nitrogens with zero attached hydrogens (tertiary/aromatic N) is 2. The molecule has 15 aromatic carbocycles. The molecule has 0 spiro atoms. The second-order valence-corrected chi connectivity index (χ2v) is 41.2. The fourth-order valence-corrected chi connectivity index (χ4v) is 22.0. The van der Waals surface area contributed by atoms with Crippen LogP contribution in [0.1, 0.15) is 74.9 Å². The number of hydrogen-bond donors (Lipinski definition) is 0. The van der Waals surface area contributed by atoms with Gasteiger partial charge in [0, 0.05) is 44.0 Å². The molecular formula is C101H86N2O2Si2. The van der Waals surface area contributed by atoms with Crippen LogP contribution in [0.2, 0.25) is 26.2 Å². The van der Waals surface area contributed by atoms with Gasteiger partial charge in [-0.15, -0.1) is 0 Å². The SMILES string of the molecule is CC(C)(C)c1ccc(N(c2ccc3c(c2)C(c2ccccc2)(c2ccccc2)c2cc(N(c4ccc(C(C)(C)C)cc4)c4cc(-c5cccc([Si](C)(C)c6ccccc6)c5)cc5c4oc4ccccc45)c4ccccc4c2-3)c2cc(-c3cccc([Si](C)(C)c4ccccc4)c3)cc3c2oc2ccccc23)cc1. The van der Waals surface area contributed by atoms with Crippen LogP contribution < -0.4 is 30.5 Å². The predicted octanol–water partition coefficient (Wildman–Crippen LogP) is 25.5. The van der Waals surface area contributed by atoms with E-state index in [1.54, 1.807) is 0 Å². The van der Waals surface area contributed by atoms with Crippen LogP contribution in [0.3, 0.4) is 0 Å². The third-order valence-corrected chi connectivity index (χ3v) is 30.3. The van der Waals surface area contributed by atoms with Gasteiger partial charge in [0.05, 0.1) is 22.5 Å². The summed E-state index contributed by atoms with van der Waals surface area (Å²) < 4.78 is 14.6. The van der Waals surface area contributed by atoms with Crippen LogP contribution in [-0.2, 0) is 16.2 Å². The van der Waals surface area contributed by atoms with E-state index >= 15 is 0 Å². The molecule has 0 atom stereocenters. The highest BCUT2D eigenvalue weighted by Crippen LogP contribution is 2.62. The first kappa shape index (κ1) is 67.1. The van der Waals surface area contributed by atoms with E-state index in [1.807, 2.05) is 0 Å². The second-order valence-electron chi connectivity index (χ2n) is 32.4. The van der Waals surface area contributed by atoms with E-state index in [0.717, 1.165) is 99.9 Å². The maximum absolute atomic E-state index is 7.35. The molecule has 0 fully saturated rings. The van der Waals surface area contributed by atoms with Gasteiger partial charge < -0.3 is 18.6 Å². The zero-order valence-electron chi connectivity index (χ0n) is 62.5. The quantitative estimate of drug-likeness (QED) is 0.102. The highest BCUT2D eigenvalue weighted by Gasteiger charge is 2.48. The van der Waals surface area contributed by atoms with Crippen LogP contribution in [0.15, 0.2) is 349 Å². The van der Waals surface area contributed by atoms with E-state index in [0.29, 0.717) is 0 Å². The number of anilines is 6. The van der Waals surface area contributed by atoms with E-state index in [9.17, 15) is 0 Å². The molecule has 0 aliphatic heterocycles. The molecule has 520 valence electrons. The molecule has 17 aromatic rings. The van der Waals surface area contributed by atoms with Crippen molar-refractivity contribution in [2.75, 3.05) is 9.80 Å². The topological polar surface area (TPSA) is 32.8 Å². The zero-order chi connectivity index (χ0) is 73.1. The number of rotatable bonds is 14. The lowest BCUT2D eigenvalue weighted by molar-refractivity contribution is 0.590. The lowest BCUT2D eigenvalue weighted by atomic mass is 9.67. The van der Waals surface area contributed by atoms with Gasteiger partial charge in [0.15, 0.2) is 11.2 Å². The Balaban J connectivity index is 0.912. The van der Waals surface area contributed by atoms with Gasteiger partial charge in [-0.2, -0.15) is 0 Å². The lowest BCUT2D eigenvalue weighted by Crippen LogP contribution is -2.52. The van der Waals surface area contributed by atoms with Gasteiger partial charge in [-0.1, -0.05) is 349 Å². The van der Waals surface area contributed by atoms with Crippen molar-refractivity contribution < 1.29 is 8.83 Å². The smallest absolute Gasteiger partial charge is 0.159 e. The van der Waals surface area contributed by atoms with Gasteiger partial charge in [-0.05, 0) is 162 Å². The molecule has 18 rings (SSSR count). The molecule has 1 aliphatic rings. The summed E-state index contributed by atoms with van der Waals surface area (Å²) in [5.74, 6) is 0. The monoisotopic (exact) mass is 1410 g/mol. The average molecular weight is 1420 g/mol. The first-order valence-corrected chi connectivity index (χ1v) is 43.7. The van der Waals surface area contributed by atoms with Crippen LogP contribution in [0.4, 0.5) is 34.1 Å². The molecule has 0 N–H and O–H groups in total. The van der Waals surface area contributed by atoms with Crippen LogP contribution in [0, 0.1) is 0 Å². The summed E-state index contributed by atoms with van der Waals surface area (Å²) in [5.41, 5.74) is 22.5. The van der Waals surface area contributed by atoms with Crippen LogP contribution >= 0.6 is 0 Å². The summed E-state index contributed by atoms with van der Waals surface area (Å²) in [6, 6.07) is 128.